The van der Waals surface area contributed by atoms with E-state index in [9.17, 15) is 5.11 Å². The zero-order valence-corrected chi connectivity index (χ0v) is 11.8. The minimum Gasteiger partial charge on any atom is -0.386 e. The largest absolute Gasteiger partial charge is 0.386 e. The fourth-order valence-electron chi connectivity index (χ4n) is 3.92. The van der Waals surface area contributed by atoms with Crippen LogP contribution >= 0.6 is 0 Å². The second kappa shape index (κ2) is 4.27. The molecule has 0 fully saturated rings. The van der Waals surface area contributed by atoms with E-state index in [0.29, 0.717) is 5.69 Å². The number of fused-ring (bicyclic) bond motifs is 4. The SMILES string of the molecule is O[C@H]1c2nonc2CC[C@H]1[C@@H]1c2ccccc2-c2cncn21. The molecular formula is C16H14N4O2. The molecule has 6 nitrogen and oxygen atoms in total. The fourth-order valence-corrected chi connectivity index (χ4v) is 3.92. The van der Waals surface area contributed by atoms with E-state index in [0.717, 1.165) is 24.2 Å². The molecule has 0 amide bonds. The Labute approximate surface area is 126 Å². The number of rotatable bonds is 1. The topological polar surface area (TPSA) is 77.0 Å². The molecule has 1 aliphatic heterocycles. The summed E-state index contributed by atoms with van der Waals surface area (Å²) in [6.07, 6.45) is 4.70. The van der Waals surface area contributed by atoms with Crippen molar-refractivity contribution in [2.45, 2.75) is 25.0 Å². The Morgan fingerprint density at radius 2 is 2.14 bits per heavy atom. The molecule has 3 heterocycles. The first-order valence-corrected chi connectivity index (χ1v) is 7.45. The summed E-state index contributed by atoms with van der Waals surface area (Å²) >= 11 is 0. The molecule has 110 valence electrons. The molecule has 1 aliphatic carbocycles. The van der Waals surface area contributed by atoms with E-state index in [1.165, 1.54) is 11.1 Å². The maximum atomic E-state index is 10.8. The Balaban J connectivity index is 1.65. The van der Waals surface area contributed by atoms with Crippen LogP contribution in [-0.4, -0.2) is 25.0 Å². The van der Waals surface area contributed by atoms with Crippen molar-refractivity contribution in [3.8, 4) is 11.3 Å². The Kier molecular flexibility index (Phi) is 2.35. The predicted octanol–water partition coefficient (Wildman–Crippen LogP) is 2.13. The molecule has 0 radical (unpaired) electrons. The number of aliphatic hydroxyl groups excluding tert-OH is 1. The van der Waals surface area contributed by atoms with Crippen molar-refractivity contribution < 1.29 is 9.74 Å². The Morgan fingerprint density at radius 3 is 3.09 bits per heavy atom. The average Bonchev–Trinajstić information content (AvgIpc) is 3.23. The lowest BCUT2D eigenvalue weighted by Crippen LogP contribution is -2.28. The smallest absolute Gasteiger partial charge is 0.137 e. The van der Waals surface area contributed by atoms with Crippen LogP contribution < -0.4 is 0 Å². The third-order valence-electron chi connectivity index (χ3n) is 4.91. The first-order valence-electron chi connectivity index (χ1n) is 7.45. The quantitative estimate of drug-likeness (QED) is 0.744. The van der Waals surface area contributed by atoms with Gasteiger partial charge in [0, 0.05) is 11.5 Å². The molecule has 0 saturated heterocycles. The van der Waals surface area contributed by atoms with E-state index < -0.39 is 6.10 Å². The molecule has 2 aromatic heterocycles. The number of aliphatic hydroxyl groups is 1. The highest BCUT2D eigenvalue weighted by molar-refractivity contribution is 5.69. The van der Waals surface area contributed by atoms with E-state index >= 15 is 0 Å². The van der Waals surface area contributed by atoms with Crippen molar-refractivity contribution in [3.63, 3.8) is 0 Å². The summed E-state index contributed by atoms with van der Waals surface area (Å²) in [5.74, 6) is 0.0380. The number of benzene rings is 1. The van der Waals surface area contributed by atoms with Gasteiger partial charge in [-0.15, -0.1) is 0 Å². The van der Waals surface area contributed by atoms with Crippen molar-refractivity contribution in [2.75, 3.05) is 0 Å². The molecular weight excluding hydrogens is 280 g/mol. The van der Waals surface area contributed by atoms with Crippen LogP contribution in [0.3, 0.4) is 0 Å². The van der Waals surface area contributed by atoms with Gasteiger partial charge in [0.1, 0.15) is 17.5 Å². The number of hydrogen-bond acceptors (Lipinski definition) is 5. The van der Waals surface area contributed by atoms with E-state index in [4.69, 9.17) is 4.63 Å². The van der Waals surface area contributed by atoms with E-state index in [-0.39, 0.29) is 12.0 Å². The zero-order chi connectivity index (χ0) is 14.7. The Hall–Kier alpha value is -2.47. The van der Waals surface area contributed by atoms with Gasteiger partial charge in [0.15, 0.2) is 0 Å². The van der Waals surface area contributed by atoms with Crippen molar-refractivity contribution in [1.82, 2.24) is 19.9 Å². The zero-order valence-electron chi connectivity index (χ0n) is 11.8. The van der Waals surface area contributed by atoms with Crippen LogP contribution in [0.4, 0.5) is 0 Å². The molecule has 6 heteroatoms. The lowest BCUT2D eigenvalue weighted by Gasteiger charge is -2.32. The first-order chi connectivity index (χ1) is 10.8. The number of aryl methyl sites for hydroxylation is 1. The molecule has 3 atom stereocenters. The minimum absolute atomic E-state index is 0.0380. The van der Waals surface area contributed by atoms with Crippen LogP contribution in [-0.2, 0) is 6.42 Å². The van der Waals surface area contributed by atoms with Crippen LogP contribution in [0.15, 0.2) is 41.4 Å². The van der Waals surface area contributed by atoms with Gasteiger partial charge in [0.05, 0.1) is 24.3 Å². The lowest BCUT2D eigenvalue weighted by molar-refractivity contribution is 0.0662. The third-order valence-corrected chi connectivity index (χ3v) is 4.91. The number of aromatic nitrogens is 4. The second-order valence-electron chi connectivity index (χ2n) is 5.96. The number of nitrogens with zero attached hydrogens (tertiary/aromatic N) is 4. The van der Waals surface area contributed by atoms with Gasteiger partial charge >= 0.3 is 0 Å². The normalized spacial score (nSPS) is 25.6. The maximum absolute atomic E-state index is 10.8. The summed E-state index contributed by atoms with van der Waals surface area (Å²) in [5.41, 5.74) is 4.91. The van der Waals surface area contributed by atoms with Crippen LogP contribution in [0.1, 0.15) is 35.5 Å². The summed E-state index contributed by atoms with van der Waals surface area (Å²) in [6, 6.07) is 8.41. The summed E-state index contributed by atoms with van der Waals surface area (Å²) in [4.78, 5) is 4.28. The molecule has 0 saturated carbocycles. The molecule has 0 spiro atoms. The average molecular weight is 294 g/mol. The van der Waals surface area contributed by atoms with Gasteiger partial charge in [-0.3, -0.25) is 0 Å². The highest BCUT2D eigenvalue weighted by atomic mass is 16.6. The predicted molar refractivity (Wildman–Crippen MR) is 76.9 cm³/mol. The third kappa shape index (κ3) is 1.45. The molecule has 3 aromatic rings. The van der Waals surface area contributed by atoms with Gasteiger partial charge in [-0.2, -0.15) is 0 Å². The van der Waals surface area contributed by atoms with Gasteiger partial charge in [-0.25, -0.2) is 9.61 Å². The van der Waals surface area contributed by atoms with Gasteiger partial charge in [-0.1, -0.05) is 34.6 Å². The van der Waals surface area contributed by atoms with E-state index in [1.807, 2.05) is 24.7 Å². The van der Waals surface area contributed by atoms with Gasteiger partial charge in [0.25, 0.3) is 0 Å². The van der Waals surface area contributed by atoms with Gasteiger partial charge in [-0.05, 0) is 18.4 Å². The van der Waals surface area contributed by atoms with Crippen molar-refractivity contribution in [1.29, 1.82) is 0 Å². The van der Waals surface area contributed by atoms with Crippen LogP contribution in [0, 0.1) is 5.92 Å². The summed E-state index contributed by atoms with van der Waals surface area (Å²) < 4.78 is 6.96. The van der Waals surface area contributed by atoms with Crippen molar-refractivity contribution >= 4 is 0 Å². The van der Waals surface area contributed by atoms with Crippen molar-refractivity contribution in [2.24, 2.45) is 5.92 Å². The highest BCUT2D eigenvalue weighted by Crippen LogP contribution is 2.49. The summed E-state index contributed by atoms with van der Waals surface area (Å²) in [5, 5.41) is 18.5. The molecule has 22 heavy (non-hydrogen) atoms. The van der Waals surface area contributed by atoms with Gasteiger partial charge in [0.2, 0.25) is 0 Å². The first kappa shape index (κ1) is 12.1. The Bertz CT molecular complexity index is 853. The molecule has 1 aromatic carbocycles. The monoisotopic (exact) mass is 294 g/mol. The molecule has 5 rings (SSSR count). The standard InChI is InChI=1S/C16H14N4O2/c21-16-11(5-6-12-14(16)19-22-18-12)15-10-4-2-1-3-9(10)13-7-17-8-20(13)15/h1-4,7-8,11,15-16,21H,5-6H2/t11-,15-,16+/m0/s1. The molecule has 1 N–H and O–H groups in total. The lowest BCUT2D eigenvalue weighted by atomic mass is 9.79. The summed E-state index contributed by atoms with van der Waals surface area (Å²) in [6.45, 7) is 0. The fraction of sp³-hybridized carbons (Fsp3) is 0.312. The number of hydrogen-bond donors (Lipinski definition) is 1. The second-order valence-corrected chi connectivity index (χ2v) is 5.96. The van der Waals surface area contributed by atoms with Crippen LogP contribution in [0.25, 0.3) is 11.3 Å². The Morgan fingerprint density at radius 1 is 1.23 bits per heavy atom. The maximum Gasteiger partial charge on any atom is 0.137 e. The summed E-state index contributed by atoms with van der Waals surface area (Å²) in [7, 11) is 0. The van der Waals surface area contributed by atoms with Crippen LogP contribution in [0.5, 0.6) is 0 Å². The van der Waals surface area contributed by atoms with Crippen molar-refractivity contribution in [3.05, 3.63) is 53.7 Å². The van der Waals surface area contributed by atoms with Gasteiger partial charge < -0.3 is 9.67 Å². The number of imidazole rings is 1. The van der Waals surface area contributed by atoms with E-state index in [2.05, 4.69) is 32.0 Å². The molecule has 0 bridgehead atoms. The highest BCUT2D eigenvalue weighted by Gasteiger charge is 2.42. The van der Waals surface area contributed by atoms with Crippen LogP contribution in [0.2, 0.25) is 0 Å². The molecule has 2 aliphatic rings. The van der Waals surface area contributed by atoms with E-state index in [1.54, 1.807) is 0 Å². The minimum atomic E-state index is -0.665. The molecule has 0 unspecified atom stereocenters.